The molecule has 2 aliphatic heterocycles. The Morgan fingerprint density at radius 3 is 2.61 bits per heavy atom. The number of halogens is 1. The lowest BCUT2D eigenvalue weighted by Gasteiger charge is -2.39. The molecule has 2 heterocycles. The molecule has 0 saturated carbocycles. The lowest BCUT2D eigenvalue weighted by Crippen LogP contribution is -2.51. The van der Waals surface area contributed by atoms with Crippen molar-refractivity contribution in [2.24, 2.45) is 0 Å². The minimum Gasteiger partial charge on any atom is -0.448 e. The van der Waals surface area contributed by atoms with Crippen molar-refractivity contribution in [3.8, 4) is 0 Å². The first-order valence-electron chi connectivity index (χ1n) is 11.7. The van der Waals surface area contributed by atoms with E-state index in [1.54, 1.807) is 24.1 Å². The fourth-order valence-electron chi connectivity index (χ4n) is 4.85. The molecule has 0 spiro atoms. The number of amides is 1. The lowest BCUT2D eigenvalue weighted by atomic mass is 10.0. The molecule has 0 bridgehead atoms. The molecule has 1 aromatic carbocycles. The highest BCUT2D eigenvalue weighted by molar-refractivity contribution is 7.89. The van der Waals surface area contributed by atoms with Gasteiger partial charge in [0.05, 0.1) is 17.5 Å². The molecule has 33 heavy (non-hydrogen) atoms. The van der Waals surface area contributed by atoms with Gasteiger partial charge in [0.1, 0.15) is 6.61 Å². The molecule has 8 nitrogen and oxygen atoms in total. The minimum absolute atomic E-state index is 0.0539. The van der Waals surface area contributed by atoms with Crippen LogP contribution in [0.1, 0.15) is 39.5 Å². The Labute approximate surface area is 202 Å². The zero-order valence-electron chi connectivity index (χ0n) is 19.8. The van der Waals surface area contributed by atoms with E-state index in [0.717, 1.165) is 32.4 Å². The van der Waals surface area contributed by atoms with Crippen LogP contribution in [0.2, 0.25) is 5.02 Å². The molecule has 186 valence electrons. The quantitative estimate of drug-likeness (QED) is 0.515. The van der Waals surface area contributed by atoms with Crippen molar-refractivity contribution in [2.45, 2.75) is 62.6 Å². The number of hydrogen-bond acceptors (Lipinski definition) is 6. The molecule has 2 fully saturated rings. The maximum Gasteiger partial charge on any atom is 0.409 e. The molecular weight excluding hydrogens is 466 g/mol. The number of hydrogen-bond donors (Lipinski definition) is 0. The second-order valence-corrected chi connectivity index (χ2v) is 11.1. The first kappa shape index (κ1) is 26.2. The van der Waals surface area contributed by atoms with E-state index in [1.165, 1.54) is 16.4 Å². The smallest absolute Gasteiger partial charge is 0.409 e. The molecule has 1 amide bonds. The summed E-state index contributed by atoms with van der Waals surface area (Å²) in [6, 6.07) is 5.94. The van der Waals surface area contributed by atoms with Crippen LogP contribution in [0.25, 0.3) is 0 Å². The Kier molecular flexibility index (Phi) is 9.41. The summed E-state index contributed by atoms with van der Waals surface area (Å²) in [5.41, 5.74) is 0. The van der Waals surface area contributed by atoms with Gasteiger partial charge in [0, 0.05) is 43.9 Å². The first-order chi connectivity index (χ1) is 15.8. The monoisotopic (exact) mass is 501 g/mol. The Bertz CT molecular complexity index is 883. The normalized spacial score (nSPS) is 24.4. The maximum absolute atomic E-state index is 13.4. The van der Waals surface area contributed by atoms with Crippen LogP contribution in [0, 0.1) is 0 Å². The maximum atomic E-state index is 13.4. The molecule has 0 radical (unpaired) electrons. The standard InChI is InChI=1S/C23H36ClN3O5S/c1-4-25(14-15-31-3)20-12-13-26(16-20)23(28)32-17-21-7-5-6-18(2)27(21)33(29,30)22-10-8-19(24)9-11-22/h8-11,18,20-21H,4-7,12-17H2,1-3H3/t18-,20?,21-/m1/s1. The molecule has 0 aliphatic carbocycles. The summed E-state index contributed by atoms with van der Waals surface area (Å²) in [6.45, 7) is 7.71. The number of rotatable bonds is 9. The van der Waals surface area contributed by atoms with Crippen LogP contribution in [-0.4, -0.2) is 93.2 Å². The number of benzene rings is 1. The second-order valence-electron chi connectivity index (χ2n) is 8.81. The summed E-state index contributed by atoms with van der Waals surface area (Å²) in [7, 11) is -2.04. The fraction of sp³-hybridized carbons (Fsp3) is 0.696. The third-order valence-corrected chi connectivity index (χ3v) is 9.00. The third-order valence-electron chi connectivity index (χ3n) is 6.67. The van der Waals surface area contributed by atoms with E-state index in [1.807, 2.05) is 6.92 Å². The summed E-state index contributed by atoms with van der Waals surface area (Å²) in [5.74, 6) is 0. The summed E-state index contributed by atoms with van der Waals surface area (Å²) >= 11 is 5.94. The molecule has 1 aromatic rings. The average Bonchev–Trinajstić information content (AvgIpc) is 3.28. The molecule has 0 aromatic heterocycles. The third kappa shape index (κ3) is 6.39. The van der Waals surface area contributed by atoms with Gasteiger partial charge in [0.15, 0.2) is 0 Å². The van der Waals surface area contributed by atoms with Crippen LogP contribution in [0.3, 0.4) is 0 Å². The zero-order valence-corrected chi connectivity index (χ0v) is 21.4. The average molecular weight is 502 g/mol. The van der Waals surface area contributed by atoms with Crippen molar-refractivity contribution in [3.05, 3.63) is 29.3 Å². The number of piperidine rings is 1. The first-order valence-corrected chi connectivity index (χ1v) is 13.5. The van der Waals surface area contributed by atoms with Gasteiger partial charge < -0.3 is 14.4 Å². The van der Waals surface area contributed by atoms with Gasteiger partial charge in [-0.15, -0.1) is 0 Å². The Hall–Kier alpha value is -1.39. The second kappa shape index (κ2) is 11.8. The number of ether oxygens (including phenoxy) is 2. The van der Waals surface area contributed by atoms with Gasteiger partial charge in [-0.2, -0.15) is 4.31 Å². The highest BCUT2D eigenvalue weighted by Gasteiger charge is 2.39. The lowest BCUT2D eigenvalue weighted by molar-refractivity contribution is 0.0665. The number of carbonyl (C=O) groups is 1. The van der Waals surface area contributed by atoms with Crippen LogP contribution < -0.4 is 0 Å². The predicted molar refractivity (Wildman–Crippen MR) is 128 cm³/mol. The summed E-state index contributed by atoms with van der Waals surface area (Å²) in [5, 5.41) is 0.485. The number of sulfonamides is 1. The highest BCUT2D eigenvalue weighted by Crippen LogP contribution is 2.30. The number of methoxy groups -OCH3 is 1. The molecule has 10 heteroatoms. The molecule has 1 unspecified atom stereocenters. The Morgan fingerprint density at radius 2 is 1.94 bits per heavy atom. The van der Waals surface area contributed by atoms with Crippen LogP contribution in [0.15, 0.2) is 29.2 Å². The van der Waals surface area contributed by atoms with Crippen molar-refractivity contribution < 1.29 is 22.7 Å². The van der Waals surface area contributed by atoms with Crippen molar-refractivity contribution in [2.75, 3.05) is 46.5 Å². The van der Waals surface area contributed by atoms with E-state index in [4.69, 9.17) is 21.1 Å². The van der Waals surface area contributed by atoms with Crippen molar-refractivity contribution in [1.82, 2.24) is 14.1 Å². The van der Waals surface area contributed by atoms with E-state index in [2.05, 4.69) is 11.8 Å². The van der Waals surface area contributed by atoms with E-state index in [-0.39, 0.29) is 35.7 Å². The van der Waals surface area contributed by atoms with Crippen LogP contribution in [0.5, 0.6) is 0 Å². The number of carbonyl (C=O) groups excluding carboxylic acids is 1. The van der Waals surface area contributed by atoms with Gasteiger partial charge in [-0.1, -0.05) is 24.9 Å². The molecule has 0 N–H and O–H groups in total. The van der Waals surface area contributed by atoms with Gasteiger partial charge in [0.25, 0.3) is 0 Å². The number of likely N-dealkylation sites (tertiary alicyclic amines) is 1. The Balaban J connectivity index is 1.62. The van der Waals surface area contributed by atoms with Crippen LogP contribution in [0.4, 0.5) is 4.79 Å². The van der Waals surface area contributed by atoms with Gasteiger partial charge in [-0.05, 0) is 57.0 Å². The van der Waals surface area contributed by atoms with E-state index in [9.17, 15) is 13.2 Å². The topological polar surface area (TPSA) is 79.4 Å². The summed E-state index contributed by atoms with van der Waals surface area (Å²) in [6.07, 6.45) is 2.85. The van der Waals surface area contributed by atoms with Gasteiger partial charge in [0.2, 0.25) is 10.0 Å². The molecule has 3 rings (SSSR count). The number of nitrogens with zero attached hydrogens (tertiary/aromatic N) is 3. The zero-order chi connectivity index (χ0) is 24.0. The SMILES string of the molecule is CCN(CCOC)C1CCN(C(=O)OC[C@H]2CCC[C@@H](C)N2S(=O)(=O)c2ccc(Cl)cc2)C1. The molecule has 2 saturated heterocycles. The summed E-state index contributed by atoms with van der Waals surface area (Å²) in [4.78, 5) is 17.0. The Morgan fingerprint density at radius 1 is 1.21 bits per heavy atom. The predicted octanol–water partition coefficient (Wildman–Crippen LogP) is 3.45. The van der Waals surface area contributed by atoms with E-state index < -0.39 is 10.0 Å². The molecular formula is C23H36ClN3O5S. The van der Waals surface area contributed by atoms with Crippen LogP contribution in [-0.2, 0) is 19.5 Å². The van der Waals surface area contributed by atoms with E-state index in [0.29, 0.717) is 31.1 Å². The molecule has 2 aliphatic rings. The van der Waals surface area contributed by atoms with Crippen LogP contribution >= 0.6 is 11.6 Å². The van der Waals surface area contributed by atoms with Gasteiger partial charge in [-0.3, -0.25) is 4.90 Å². The largest absolute Gasteiger partial charge is 0.448 e. The van der Waals surface area contributed by atoms with Crippen molar-refractivity contribution in [1.29, 1.82) is 0 Å². The number of likely N-dealkylation sites (N-methyl/N-ethyl adjacent to an activating group) is 1. The van der Waals surface area contributed by atoms with Crippen molar-refractivity contribution >= 4 is 27.7 Å². The minimum atomic E-state index is -3.73. The van der Waals surface area contributed by atoms with E-state index >= 15 is 0 Å². The van der Waals surface area contributed by atoms with Gasteiger partial charge in [-0.25, -0.2) is 13.2 Å². The molecule has 3 atom stereocenters. The fourth-order valence-corrected chi connectivity index (χ4v) is 6.84. The van der Waals surface area contributed by atoms with Crippen molar-refractivity contribution in [3.63, 3.8) is 0 Å². The summed E-state index contributed by atoms with van der Waals surface area (Å²) < 4.78 is 39.1. The van der Waals surface area contributed by atoms with Gasteiger partial charge >= 0.3 is 6.09 Å². The highest BCUT2D eigenvalue weighted by atomic mass is 35.5.